The van der Waals surface area contributed by atoms with Crippen molar-refractivity contribution < 1.29 is 41.0 Å². The van der Waals surface area contributed by atoms with Gasteiger partial charge in [0.15, 0.2) is 11.3 Å². The first kappa shape index (κ1) is 25.7. The Labute approximate surface area is 192 Å². The normalized spacial score (nSPS) is 14.4. The highest BCUT2D eigenvalue weighted by Crippen LogP contribution is 2.33. The zero-order valence-electron chi connectivity index (χ0n) is 17.9. The largest absolute Gasteiger partial charge is 0.490 e. The number of carboxylic acid groups (broad SMARTS) is 1. The quantitative estimate of drug-likeness (QED) is 0.457. The zero-order valence-corrected chi connectivity index (χ0v) is 17.9. The number of rotatable bonds is 3. The highest BCUT2D eigenvalue weighted by Gasteiger charge is 2.38. The summed E-state index contributed by atoms with van der Waals surface area (Å²) in [5.41, 5.74) is -1.23. The lowest BCUT2D eigenvalue weighted by Gasteiger charge is -2.28. The Kier molecular flexibility index (Phi) is 7.18. The molecule has 35 heavy (non-hydrogen) atoms. The number of aromatic nitrogens is 5. The Morgan fingerprint density at radius 3 is 2.34 bits per heavy atom. The predicted molar refractivity (Wildman–Crippen MR) is 108 cm³/mol. The SMILES string of the molecule is Cn1cc(NC(=O)c2cnn3ccc(N4CCNCC4)nc23)c(C(F)(F)F)n1.O=C(O)C(F)(F)F. The van der Waals surface area contributed by atoms with Crippen molar-refractivity contribution in [3.63, 3.8) is 0 Å². The molecular formula is C18H18F6N8O3. The smallest absolute Gasteiger partial charge is 0.475 e. The van der Waals surface area contributed by atoms with Crippen molar-refractivity contribution in [1.82, 2.24) is 29.7 Å². The van der Waals surface area contributed by atoms with Crippen LogP contribution in [0.4, 0.5) is 37.8 Å². The number of hydrogen-bond acceptors (Lipinski definition) is 7. The molecular weight excluding hydrogens is 490 g/mol. The first-order chi connectivity index (χ1) is 16.3. The summed E-state index contributed by atoms with van der Waals surface area (Å²) < 4.78 is 73.4. The molecule has 1 aliphatic rings. The molecule has 190 valence electrons. The van der Waals surface area contributed by atoms with Crippen LogP contribution in [-0.4, -0.2) is 73.7 Å². The Bertz CT molecular complexity index is 1210. The molecule has 0 saturated carbocycles. The number of carbonyl (C=O) groups excluding carboxylic acids is 1. The van der Waals surface area contributed by atoms with Crippen LogP contribution < -0.4 is 15.5 Å². The van der Waals surface area contributed by atoms with Gasteiger partial charge in [-0.25, -0.2) is 14.3 Å². The summed E-state index contributed by atoms with van der Waals surface area (Å²) in [6, 6.07) is 1.79. The van der Waals surface area contributed by atoms with Gasteiger partial charge in [-0.3, -0.25) is 9.48 Å². The van der Waals surface area contributed by atoms with E-state index < -0.39 is 35.6 Å². The summed E-state index contributed by atoms with van der Waals surface area (Å²) in [5.74, 6) is -2.81. The summed E-state index contributed by atoms with van der Waals surface area (Å²) in [4.78, 5) is 28.1. The molecule has 3 aromatic rings. The van der Waals surface area contributed by atoms with Crippen LogP contribution in [0.5, 0.6) is 0 Å². The van der Waals surface area contributed by atoms with Crippen LogP contribution in [0.25, 0.3) is 5.65 Å². The summed E-state index contributed by atoms with van der Waals surface area (Å²) in [6.45, 7) is 3.17. The van der Waals surface area contributed by atoms with Crippen LogP contribution in [-0.2, 0) is 18.0 Å². The molecule has 0 radical (unpaired) electrons. The first-order valence-corrected chi connectivity index (χ1v) is 9.79. The Balaban J connectivity index is 0.000000429. The summed E-state index contributed by atoms with van der Waals surface area (Å²) in [7, 11) is 1.35. The van der Waals surface area contributed by atoms with Crippen molar-refractivity contribution in [3.05, 3.63) is 35.9 Å². The second-order valence-electron chi connectivity index (χ2n) is 7.17. The number of fused-ring (bicyclic) bond motifs is 1. The van der Waals surface area contributed by atoms with Gasteiger partial charge in [-0.2, -0.15) is 36.5 Å². The molecule has 1 amide bonds. The molecule has 4 heterocycles. The van der Waals surface area contributed by atoms with Gasteiger partial charge in [-0.05, 0) is 6.07 Å². The number of amides is 1. The van der Waals surface area contributed by atoms with E-state index in [0.717, 1.165) is 37.1 Å². The lowest BCUT2D eigenvalue weighted by atomic mass is 10.3. The third-order valence-electron chi connectivity index (χ3n) is 4.63. The number of nitrogens with one attached hydrogen (secondary N) is 2. The van der Waals surface area contributed by atoms with Crippen molar-refractivity contribution >= 4 is 29.0 Å². The van der Waals surface area contributed by atoms with Crippen LogP contribution in [0.2, 0.25) is 0 Å². The summed E-state index contributed by atoms with van der Waals surface area (Å²) >= 11 is 0. The number of alkyl halides is 6. The van der Waals surface area contributed by atoms with Gasteiger partial charge < -0.3 is 20.6 Å². The molecule has 0 bridgehead atoms. The maximum atomic E-state index is 13.1. The van der Waals surface area contributed by atoms with Crippen LogP contribution in [0.3, 0.4) is 0 Å². The maximum absolute atomic E-state index is 13.1. The summed E-state index contributed by atoms with van der Waals surface area (Å²) in [5, 5.41) is 20.1. The molecule has 3 aromatic heterocycles. The Hall–Kier alpha value is -3.89. The number of hydrogen-bond donors (Lipinski definition) is 3. The van der Waals surface area contributed by atoms with E-state index in [4.69, 9.17) is 9.90 Å². The fourth-order valence-electron chi connectivity index (χ4n) is 3.07. The lowest BCUT2D eigenvalue weighted by Crippen LogP contribution is -2.43. The van der Waals surface area contributed by atoms with E-state index in [9.17, 15) is 31.1 Å². The number of aryl methyl sites for hydroxylation is 1. The van der Waals surface area contributed by atoms with E-state index in [1.54, 1.807) is 12.3 Å². The number of aliphatic carboxylic acids is 1. The van der Waals surface area contributed by atoms with Gasteiger partial charge in [0.25, 0.3) is 5.91 Å². The lowest BCUT2D eigenvalue weighted by molar-refractivity contribution is -0.192. The van der Waals surface area contributed by atoms with Gasteiger partial charge in [0, 0.05) is 45.6 Å². The van der Waals surface area contributed by atoms with E-state index in [2.05, 4.69) is 30.7 Å². The molecule has 3 N–H and O–H groups in total. The number of carbonyl (C=O) groups is 2. The third-order valence-corrected chi connectivity index (χ3v) is 4.63. The minimum absolute atomic E-state index is 0.0777. The molecule has 0 atom stereocenters. The number of piperazine rings is 1. The third kappa shape index (κ3) is 6.17. The topological polar surface area (TPSA) is 130 Å². The maximum Gasteiger partial charge on any atom is 0.490 e. The minimum atomic E-state index is -5.08. The molecule has 11 nitrogen and oxygen atoms in total. The fourth-order valence-corrected chi connectivity index (χ4v) is 3.07. The van der Waals surface area contributed by atoms with Crippen LogP contribution in [0, 0.1) is 0 Å². The Morgan fingerprint density at radius 2 is 1.77 bits per heavy atom. The molecule has 1 saturated heterocycles. The van der Waals surface area contributed by atoms with Crippen molar-refractivity contribution in [3.8, 4) is 0 Å². The number of carboxylic acids is 1. The van der Waals surface area contributed by atoms with E-state index in [0.29, 0.717) is 5.82 Å². The van der Waals surface area contributed by atoms with E-state index in [1.165, 1.54) is 17.8 Å². The number of nitrogens with zero attached hydrogens (tertiary/aromatic N) is 6. The molecule has 17 heteroatoms. The van der Waals surface area contributed by atoms with Crippen LogP contribution in [0.15, 0.2) is 24.7 Å². The molecule has 0 unspecified atom stereocenters. The number of anilines is 2. The fraction of sp³-hybridized carbons (Fsp3) is 0.389. The van der Waals surface area contributed by atoms with Crippen molar-refractivity contribution in [1.29, 1.82) is 0 Å². The average molecular weight is 508 g/mol. The van der Waals surface area contributed by atoms with E-state index in [1.807, 2.05) is 0 Å². The van der Waals surface area contributed by atoms with Gasteiger partial charge in [0.05, 0.1) is 11.9 Å². The summed E-state index contributed by atoms with van der Waals surface area (Å²) in [6.07, 6.45) is -5.71. The second-order valence-corrected chi connectivity index (χ2v) is 7.17. The van der Waals surface area contributed by atoms with Gasteiger partial charge in [-0.15, -0.1) is 0 Å². The minimum Gasteiger partial charge on any atom is -0.475 e. The van der Waals surface area contributed by atoms with Crippen LogP contribution in [0.1, 0.15) is 16.1 Å². The van der Waals surface area contributed by atoms with Crippen molar-refractivity contribution in [2.75, 3.05) is 36.4 Å². The van der Waals surface area contributed by atoms with Gasteiger partial charge >= 0.3 is 18.3 Å². The molecule has 0 aliphatic carbocycles. The second kappa shape index (κ2) is 9.77. The molecule has 4 rings (SSSR count). The molecule has 0 aromatic carbocycles. The first-order valence-electron chi connectivity index (χ1n) is 9.79. The van der Waals surface area contributed by atoms with Gasteiger partial charge in [-0.1, -0.05) is 0 Å². The molecule has 1 fully saturated rings. The molecule has 1 aliphatic heterocycles. The van der Waals surface area contributed by atoms with Gasteiger partial charge in [0.1, 0.15) is 11.4 Å². The van der Waals surface area contributed by atoms with Crippen LogP contribution >= 0.6 is 0 Å². The zero-order chi connectivity index (χ0) is 26.0. The Morgan fingerprint density at radius 1 is 1.14 bits per heavy atom. The monoisotopic (exact) mass is 508 g/mol. The molecule has 0 spiro atoms. The predicted octanol–water partition coefficient (Wildman–Crippen LogP) is 1.78. The van der Waals surface area contributed by atoms with Crippen molar-refractivity contribution in [2.45, 2.75) is 12.4 Å². The van der Waals surface area contributed by atoms with E-state index >= 15 is 0 Å². The number of halogens is 6. The average Bonchev–Trinajstić information content (AvgIpc) is 3.36. The van der Waals surface area contributed by atoms with Crippen molar-refractivity contribution in [2.24, 2.45) is 7.05 Å². The van der Waals surface area contributed by atoms with E-state index in [-0.39, 0.29) is 11.2 Å². The van der Waals surface area contributed by atoms with Gasteiger partial charge in [0.2, 0.25) is 0 Å². The highest BCUT2D eigenvalue weighted by atomic mass is 19.4. The standard InChI is InChI=1S/C16H17F3N8O.C2HF3O2/c1-25-9-11(13(24-25)16(17,18)19)22-15(28)10-8-21-27-5-2-12(23-14(10)27)26-6-3-20-4-7-26;3-2(4,5)1(6)7/h2,5,8-9,20H,3-4,6-7H2,1H3,(H,22,28);(H,6,7). The highest BCUT2D eigenvalue weighted by molar-refractivity contribution is 6.08.